The molecule has 0 saturated heterocycles. The Hall–Kier alpha value is 8.19. The third kappa shape index (κ3) is 229. The Bertz CT molecular complexity index is 132. The second-order valence-electron chi connectivity index (χ2n) is 1.56. The first-order valence-electron chi connectivity index (χ1n) is 2.78. The van der Waals surface area contributed by atoms with E-state index in [0.29, 0.717) is 0 Å². The summed E-state index contributed by atoms with van der Waals surface area (Å²) >= 11 is 0. The van der Waals surface area contributed by atoms with Crippen molar-refractivity contribution < 1.29 is 338 Å². The van der Waals surface area contributed by atoms with Crippen molar-refractivity contribution in [3.8, 4) is 0 Å². The molecule has 7 nitrogen and oxygen atoms in total. The minimum atomic E-state index is -0.833. The Labute approximate surface area is 369 Å². The molecular formula is C6H12K6NO6+3. The number of nitrogens with zero attached hydrogens (tertiary/aromatic N) is 1. The van der Waals surface area contributed by atoms with Crippen LogP contribution in [0.4, 0.5) is 0 Å². The first-order valence-corrected chi connectivity index (χ1v) is 2.78. The Balaban J connectivity index is -0.00000000675. The zero-order chi connectivity index (χ0) is 10.7. The van der Waals surface area contributed by atoms with E-state index in [-0.39, 0.29) is 314 Å². The first kappa shape index (κ1) is 63.1. The SMILES string of the molecule is CC(=O)O.CC(=O)O.CC(=O)O.[K+].[K+].[K+].[K+].[K+].[K+].[N-3]. The fraction of sp³-hybridized carbons (Fsp3) is 0.500. The average Bonchev–Trinajstić information content (AvgIpc) is 1.54. The molecule has 0 fully saturated rings. The molecule has 19 heavy (non-hydrogen) atoms. The number of carbonyl (C=O) groups is 3. The third-order valence-electron chi connectivity index (χ3n) is 0. The van der Waals surface area contributed by atoms with Crippen LogP contribution in [-0.4, -0.2) is 33.2 Å². The molecule has 0 bridgehead atoms. The Morgan fingerprint density at radius 1 is 0.526 bits per heavy atom. The van der Waals surface area contributed by atoms with Crippen LogP contribution in [0.2, 0.25) is 0 Å². The van der Waals surface area contributed by atoms with Crippen molar-refractivity contribution in [2.24, 2.45) is 0 Å². The van der Waals surface area contributed by atoms with Crippen molar-refractivity contribution in [1.29, 1.82) is 0 Å². The van der Waals surface area contributed by atoms with Gasteiger partial charge in [-0.25, -0.2) is 0 Å². The van der Waals surface area contributed by atoms with E-state index >= 15 is 0 Å². The number of carboxylic acid groups (broad SMARTS) is 3. The van der Waals surface area contributed by atoms with Crippen molar-refractivity contribution in [3.05, 3.63) is 6.15 Å². The molecule has 0 heterocycles. The molecule has 0 aliphatic rings. The van der Waals surface area contributed by atoms with Crippen LogP contribution < -0.4 is 308 Å². The van der Waals surface area contributed by atoms with Gasteiger partial charge in [0.05, 0.1) is 0 Å². The maximum Gasteiger partial charge on any atom is 1.00 e. The minimum absolute atomic E-state index is 0. The minimum Gasteiger partial charge on any atom is -3.00 e. The van der Waals surface area contributed by atoms with Crippen LogP contribution in [0.25, 0.3) is 6.15 Å². The van der Waals surface area contributed by atoms with Crippen LogP contribution in [0.3, 0.4) is 0 Å². The molecule has 80 valence electrons. The van der Waals surface area contributed by atoms with Crippen molar-refractivity contribution >= 4 is 17.9 Å². The van der Waals surface area contributed by atoms with Crippen LogP contribution in [0, 0.1) is 0 Å². The van der Waals surface area contributed by atoms with Crippen LogP contribution in [0.15, 0.2) is 0 Å². The van der Waals surface area contributed by atoms with Crippen LogP contribution in [0.1, 0.15) is 20.8 Å². The molecule has 0 aromatic carbocycles. The average molecular weight is 429 g/mol. The summed E-state index contributed by atoms with van der Waals surface area (Å²) in [4.78, 5) is 27.0. The van der Waals surface area contributed by atoms with Gasteiger partial charge in [0.25, 0.3) is 17.9 Å². The molecule has 3 N–H and O–H groups in total. The van der Waals surface area contributed by atoms with Gasteiger partial charge in [0.15, 0.2) is 0 Å². The number of aliphatic carboxylic acids is 3. The predicted octanol–water partition coefficient (Wildman–Crippen LogP) is -17.4. The van der Waals surface area contributed by atoms with E-state index in [1.54, 1.807) is 0 Å². The van der Waals surface area contributed by atoms with Gasteiger partial charge in [0.2, 0.25) is 0 Å². The molecule has 0 aliphatic heterocycles. The zero-order valence-electron chi connectivity index (χ0n) is 13.5. The van der Waals surface area contributed by atoms with E-state index < -0.39 is 17.9 Å². The van der Waals surface area contributed by atoms with E-state index in [4.69, 9.17) is 29.7 Å². The largest absolute Gasteiger partial charge is 3.00 e. The number of hydrogen-bond donors (Lipinski definition) is 3. The van der Waals surface area contributed by atoms with Gasteiger partial charge in [0.1, 0.15) is 0 Å². The normalized spacial score (nSPS) is 3.95. The summed E-state index contributed by atoms with van der Waals surface area (Å²) in [6.45, 7) is 3.25. The summed E-state index contributed by atoms with van der Waals surface area (Å²) in [5.41, 5.74) is 0. The van der Waals surface area contributed by atoms with Gasteiger partial charge < -0.3 is 21.5 Å². The molecule has 0 amide bonds. The summed E-state index contributed by atoms with van der Waals surface area (Å²) in [5.74, 6) is -2.50. The Morgan fingerprint density at radius 3 is 0.526 bits per heavy atom. The summed E-state index contributed by atoms with van der Waals surface area (Å²) in [7, 11) is 0. The van der Waals surface area contributed by atoms with Gasteiger partial charge in [0, 0.05) is 20.8 Å². The number of rotatable bonds is 0. The maximum absolute atomic E-state index is 9.00. The second kappa shape index (κ2) is 56.2. The fourth-order valence-electron chi connectivity index (χ4n) is 0. The molecule has 0 atom stereocenters. The van der Waals surface area contributed by atoms with Gasteiger partial charge in [-0.2, -0.15) is 0 Å². The third-order valence-corrected chi connectivity index (χ3v) is 0. The Morgan fingerprint density at radius 2 is 0.526 bits per heavy atom. The summed E-state index contributed by atoms with van der Waals surface area (Å²) < 4.78 is 0. The molecule has 0 unspecified atom stereocenters. The van der Waals surface area contributed by atoms with Gasteiger partial charge in [-0.05, 0) is 0 Å². The summed E-state index contributed by atoms with van der Waals surface area (Å²) in [6.07, 6.45) is 0. The standard InChI is InChI=1S/3C2H4O2.6K.N/c3*1-2(3)4;;;;;;;/h3*1H3,(H,3,4);;;;;;;/q;;;6*+1;-3. The van der Waals surface area contributed by atoms with Gasteiger partial charge in [-0.15, -0.1) is 0 Å². The fourth-order valence-corrected chi connectivity index (χ4v) is 0. The van der Waals surface area contributed by atoms with E-state index in [9.17, 15) is 0 Å². The van der Waals surface area contributed by atoms with Crippen molar-refractivity contribution in [1.82, 2.24) is 0 Å². The van der Waals surface area contributed by atoms with Crippen molar-refractivity contribution in [2.75, 3.05) is 0 Å². The molecule has 0 spiro atoms. The van der Waals surface area contributed by atoms with E-state index in [1.165, 1.54) is 0 Å². The van der Waals surface area contributed by atoms with E-state index in [1.807, 2.05) is 0 Å². The van der Waals surface area contributed by atoms with Gasteiger partial charge in [-0.3, -0.25) is 14.4 Å². The topological polar surface area (TPSA) is 142 Å². The first-order chi connectivity index (χ1) is 5.20. The molecule has 13 heteroatoms. The van der Waals surface area contributed by atoms with Crippen molar-refractivity contribution in [2.45, 2.75) is 20.8 Å². The smallest absolute Gasteiger partial charge is 1.00 e. The molecule has 0 rings (SSSR count). The molecular weight excluding hydrogens is 417 g/mol. The van der Waals surface area contributed by atoms with Crippen LogP contribution in [0.5, 0.6) is 0 Å². The number of hydrogen-bond acceptors (Lipinski definition) is 3. The quantitative estimate of drug-likeness (QED) is 0.327. The van der Waals surface area contributed by atoms with Crippen LogP contribution >= 0.6 is 0 Å². The predicted molar refractivity (Wildman–Crippen MR) is 43.3 cm³/mol. The zero-order valence-corrected chi connectivity index (χ0v) is 32.3. The molecule has 0 saturated carbocycles. The second-order valence-corrected chi connectivity index (χ2v) is 1.56. The summed E-state index contributed by atoms with van der Waals surface area (Å²) in [5, 5.41) is 22.2. The number of carboxylic acids is 3. The molecule has 0 radical (unpaired) electrons. The Kier molecular flexibility index (Phi) is 187. The van der Waals surface area contributed by atoms with Crippen LogP contribution in [-0.2, 0) is 14.4 Å². The molecule has 0 aromatic heterocycles. The monoisotopic (exact) mass is 428 g/mol. The molecule has 0 aromatic rings. The van der Waals surface area contributed by atoms with Gasteiger partial charge in [-0.1, -0.05) is 0 Å². The molecule has 0 aliphatic carbocycles. The van der Waals surface area contributed by atoms with E-state index in [2.05, 4.69) is 0 Å². The van der Waals surface area contributed by atoms with E-state index in [0.717, 1.165) is 20.8 Å². The van der Waals surface area contributed by atoms with Crippen molar-refractivity contribution in [3.63, 3.8) is 0 Å². The maximum atomic E-state index is 9.00. The van der Waals surface area contributed by atoms with Gasteiger partial charge >= 0.3 is 308 Å². The summed E-state index contributed by atoms with van der Waals surface area (Å²) in [6, 6.07) is 0.